The maximum atomic E-state index is 13.6. The van der Waals surface area contributed by atoms with E-state index in [9.17, 15) is 13.2 Å². The van der Waals surface area contributed by atoms with Crippen molar-refractivity contribution in [1.82, 2.24) is 18.1 Å². The van der Waals surface area contributed by atoms with Gasteiger partial charge in [-0.05, 0) is 31.2 Å². The molecule has 4 rings (SSSR count). The quantitative estimate of drug-likeness (QED) is 0.210. The molecular formula is C24H29N5O4S2. The first-order valence-corrected chi connectivity index (χ1v) is 13.9. The van der Waals surface area contributed by atoms with Crippen molar-refractivity contribution < 1.29 is 17.9 Å². The van der Waals surface area contributed by atoms with Gasteiger partial charge in [-0.25, -0.2) is 13.4 Å². The molecule has 35 heavy (non-hydrogen) atoms. The Morgan fingerprint density at radius 1 is 1.11 bits per heavy atom. The van der Waals surface area contributed by atoms with Crippen LogP contribution in [0.2, 0.25) is 0 Å². The Balaban J connectivity index is 1.34. The molecule has 0 saturated carbocycles. The van der Waals surface area contributed by atoms with Gasteiger partial charge < -0.3 is 10.1 Å². The van der Waals surface area contributed by atoms with Crippen LogP contribution >= 0.6 is 11.5 Å². The second kappa shape index (κ2) is 11.6. The van der Waals surface area contributed by atoms with E-state index < -0.39 is 16.0 Å². The summed E-state index contributed by atoms with van der Waals surface area (Å²) in [5.41, 5.74) is 0. The number of imidazole rings is 1. The molecule has 0 unspecified atom stereocenters. The number of nitrogens with zero attached hydrogens (tertiary/aromatic N) is 4. The van der Waals surface area contributed by atoms with Crippen molar-refractivity contribution in [2.75, 3.05) is 31.6 Å². The van der Waals surface area contributed by atoms with E-state index in [0.717, 1.165) is 42.1 Å². The highest BCUT2D eigenvalue weighted by atomic mass is 32.2. The molecule has 2 aromatic carbocycles. The van der Waals surface area contributed by atoms with Crippen LogP contribution in [0.1, 0.15) is 32.6 Å². The number of ether oxygens (including phenoxy) is 1. The van der Waals surface area contributed by atoms with Crippen molar-refractivity contribution in [3.8, 4) is 0 Å². The average Bonchev–Trinajstić information content (AvgIpc) is 3.47. The minimum atomic E-state index is -3.88. The molecule has 9 nitrogen and oxygen atoms in total. The van der Waals surface area contributed by atoms with Crippen LogP contribution in [0.4, 0.5) is 5.95 Å². The molecule has 1 N–H and O–H groups in total. The summed E-state index contributed by atoms with van der Waals surface area (Å²) < 4.78 is 39.7. The number of hydrogen-bond acceptors (Lipinski definition) is 8. The number of hydrogen-bond donors (Lipinski definition) is 1. The van der Waals surface area contributed by atoms with Gasteiger partial charge in [0.15, 0.2) is 0 Å². The molecule has 0 aliphatic carbocycles. The molecular weight excluding hydrogens is 486 g/mol. The highest BCUT2D eigenvalue weighted by Crippen LogP contribution is 2.26. The fourth-order valence-corrected chi connectivity index (χ4v) is 6.23. The Bertz CT molecular complexity index is 1380. The predicted molar refractivity (Wildman–Crippen MR) is 137 cm³/mol. The Kier molecular flexibility index (Phi) is 8.32. The van der Waals surface area contributed by atoms with Gasteiger partial charge in [-0.3, -0.25) is 9.20 Å². The molecule has 4 aromatic rings. The zero-order valence-electron chi connectivity index (χ0n) is 19.6. The molecule has 0 atom stereocenters. The molecule has 2 aromatic heterocycles. The fourth-order valence-electron chi connectivity index (χ4n) is 3.93. The third-order valence-electron chi connectivity index (χ3n) is 5.64. The lowest BCUT2D eigenvalue weighted by Gasteiger charge is -2.22. The van der Waals surface area contributed by atoms with Crippen LogP contribution < -0.4 is 5.32 Å². The summed E-state index contributed by atoms with van der Waals surface area (Å²) >= 11 is 1.34. The van der Waals surface area contributed by atoms with Gasteiger partial charge in [0.25, 0.3) is 0 Å². The lowest BCUT2D eigenvalue weighted by Crippen LogP contribution is -2.37. The van der Waals surface area contributed by atoms with Crippen LogP contribution in [-0.4, -0.2) is 58.7 Å². The molecule has 0 bridgehead atoms. The lowest BCUT2D eigenvalue weighted by molar-refractivity contribution is -0.143. The Morgan fingerprint density at radius 3 is 2.77 bits per heavy atom. The maximum Gasteiger partial charge on any atom is 0.321 e. The van der Waals surface area contributed by atoms with Gasteiger partial charge in [-0.15, -0.1) is 0 Å². The number of unbranched alkanes of at least 4 members (excludes halogenated alkanes) is 3. The summed E-state index contributed by atoms with van der Waals surface area (Å²) in [6.45, 7) is 2.63. The standard InChI is InChI=1S/C24H29N5O4S2/c1-2-33-22(30)18-28(35(31,32)21-13-9-11-19-10-5-6-12-20(19)21)16-8-4-3-7-14-25-23-27-34-24-26-15-17-29(23)24/h5-6,9-13,15,17H,2-4,7-8,14,16,18H2,1H3,(H,25,27). The summed E-state index contributed by atoms with van der Waals surface area (Å²) in [6.07, 6.45) is 6.94. The Morgan fingerprint density at radius 2 is 1.91 bits per heavy atom. The average molecular weight is 516 g/mol. The van der Waals surface area contributed by atoms with Crippen LogP contribution in [0.3, 0.4) is 0 Å². The van der Waals surface area contributed by atoms with E-state index in [-0.39, 0.29) is 24.6 Å². The number of carbonyl (C=O) groups excluding carboxylic acids is 1. The van der Waals surface area contributed by atoms with E-state index in [1.54, 1.807) is 31.3 Å². The first-order chi connectivity index (χ1) is 17.0. The summed E-state index contributed by atoms with van der Waals surface area (Å²) in [5.74, 6) is 0.235. The molecule has 0 radical (unpaired) electrons. The van der Waals surface area contributed by atoms with E-state index in [1.165, 1.54) is 15.8 Å². The number of rotatable bonds is 13. The largest absolute Gasteiger partial charge is 0.465 e. The lowest BCUT2D eigenvalue weighted by atomic mass is 10.1. The molecule has 0 saturated heterocycles. The van der Waals surface area contributed by atoms with Gasteiger partial charge in [-0.2, -0.15) is 8.68 Å². The first kappa shape index (κ1) is 25.1. The minimum absolute atomic E-state index is 0.207. The number of aromatic nitrogens is 3. The zero-order valence-corrected chi connectivity index (χ0v) is 21.2. The third kappa shape index (κ3) is 5.98. The maximum absolute atomic E-state index is 13.6. The predicted octanol–water partition coefficient (Wildman–Crippen LogP) is 4.17. The molecule has 186 valence electrons. The van der Waals surface area contributed by atoms with Gasteiger partial charge in [0.05, 0.1) is 11.5 Å². The Labute approximate surface area is 209 Å². The minimum Gasteiger partial charge on any atom is -0.465 e. The summed E-state index contributed by atoms with van der Waals surface area (Å²) in [6, 6.07) is 12.5. The Hall–Kier alpha value is -3.02. The van der Waals surface area contributed by atoms with Crippen LogP contribution in [0.5, 0.6) is 0 Å². The smallest absolute Gasteiger partial charge is 0.321 e. The topological polar surface area (TPSA) is 106 Å². The van der Waals surface area contributed by atoms with Gasteiger partial charge in [0.2, 0.25) is 20.9 Å². The summed E-state index contributed by atoms with van der Waals surface area (Å²) in [4.78, 5) is 17.5. The van der Waals surface area contributed by atoms with Crippen molar-refractivity contribution in [3.63, 3.8) is 0 Å². The van der Waals surface area contributed by atoms with Gasteiger partial charge in [0.1, 0.15) is 6.54 Å². The van der Waals surface area contributed by atoms with Crippen molar-refractivity contribution in [3.05, 3.63) is 54.9 Å². The normalized spacial score (nSPS) is 11.9. The van der Waals surface area contributed by atoms with Gasteiger partial charge >= 0.3 is 5.97 Å². The molecule has 0 amide bonds. The number of carbonyl (C=O) groups is 1. The highest BCUT2D eigenvalue weighted by Gasteiger charge is 2.28. The third-order valence-corrected chi connectivity index (χ3v) is 8.28. The molecule has 0 aliphatic rings. The number of anilines is 1. The van der Waals surface area contributed by atoms with Crippen LogP contribution in [0, 0.1) is 0 Å². The van der Waals surface area contributed by atoms with Crippen molar-refractivity contribution in [2.45, 2.75) is 37.5 Å². The van der Waals surface area contributed by atoms with Crippen LogP contribution in [0.25, 0.3) is 15.7 Å². The number of nitrogens with one attached hydrogen (secondary N) is 1. The van der Waals surface area contributed by atoms with Gasteiger partial charge in [0, 0.05) is 42.4 Å². The van der Waals surface area contributed by atoms with Crippen molar-refractivity contribution in [1.29, 1.82) is 0 Å². The summed E-state index contributed by atoms with van der Waals surface area (Å²) in [7, 11) is -3.88. The van der Waals surface area contributed by atoms with E-state index in [2.05, 4.69) is 14.7 Å². The van der Waals surface area contributed by atoms with Crippen LogP contribution in [0.15, 0.2) is 59.8 Å². The number of esters is 1. The second-order valence-electron chi connectivity index (χ2n) is 8.05. The van der Waals surface area contributed by atoms with E-state index >= 15 is 0 Å². The van der Waals surface area contributed by atoms with E-state index in [1.807, 2.05) is 34.9 Å². The molecule has 11 heteroatoms. The number of sulfonamides is 1. The SMILES string of the molecule is CCOC(=O)CN(CCCCCCNc1nsc2nccn12)S(=O)(=O)c1cccc2ccccc12. The summed E-state index contributed by atoms with van der Waals surface area (Å²) in [5, 5.41) is 4.79. The first-order valence-electron chi connectivity index (χ1n) is 11.7. The molecule has 0 aliphatic heterocycles. The van der Waals surface area contributed by atoms with E-state index in [4.69, 9.17) is 4.74 Å². The van der Waals surface area contributed by atoms with Crippen molar-refractivity contribution in [2.24, 2.45) is 0 Å². The highest BCUT2D eigenvalue weighted by molar-refractivity contribution is 7.89. The molecule has 2 heterocycles. The monoisotopic (exact) mass is 515 g/mol. The van der Waals surface area contributed by atoms with E-state index in [0.29, 0.717) is 11.8 Å². The number of benzene rings is 2. The molecule has 0 spiro atoms. The number of fused-ring (bicyclic) bond motifs is 2. The van der Waals surface area contributed by atoms with Crippen molar-refractivity contribution >= 4 is 49.2 Å². The van der Waals surface area contributed by atoms with Crippen LogP contribution in [-0.2, 0) is 19.6 Å². The zero-order chi connectivity index (χ0) is 24.7. The van der Waals surface area contributed by atoms with Gasteiger partial charge in [-0.1, -0.05) is 49.2 Å². The fraction of sp³-hybridized carbons (Fsp3) is 0.375. The second-order valence-corrected chi connectivity index (χ2v) is 10.7. The molecule has 0 fully saturated rings.